The summed E-state index contributed by atoms with van der Waals surface area (Å²) in [5.41, 5.74) is 3.59. The number of hydrogen-bond donors (Lipinski definition) is 1. The van der Waals surface area contributed by atoms with E-state index in [0.717, 1.165) is 36.3 Å². The maximum Gasteiger partial charge on any atom is 0.358 e. The van der Waals surface area contributed by atoms with Crippen LogP contribution in [0.15, 0.2) is 6.07 Å². The van der Waals surface area contributed by atoms with Gasteiger partial charge >= 0.3 is 5.97 Å². The fourth-order valence-electron chi connectivity index (χ4n) is 4.32. The Bertz CT molecular complexity index is 935. The molecule has 0 aliphatic carbocycles. The number of esters is 1. The van der Waals surface area contributed by atoms with Gasteiger partial charge in [0.2, 0.25) is 0 Å². The number of nitrogens with one attached hydrogen (secondary N) is 1. The fraction of sp³-hybridized carbons (Fsp3) is 0.619. The summed E-state index contributed by atoms with van der Waals surface area (Å²) in [6.07, 6.45) is 3.26. The Hall–Kier alpha value is -2.68. The van der Waals surface area contributed by atoms with Gasteiger partial charge in [0.1, 0.15) is 6.61 Å². The lowest BCUT2D eigenvalue weighted by atomic mass is 9.76. The van der Waals surface area contributed by atoms with Crippen molar-refractivity contribution in [2.75, 3.05) is 26.4 Å². The van der Waals surface area contributed by atoms with E-state index in [1.54, 1.807) is 17.8 Å². The molecular formula is C21H29N5O4. The number of amides is 1. The molecule has 2 aromatic rings. The molecule has 1 amide bonds. The third kappa shape index (κ3) is 3.86. The van der Waals surface area contributed by atoms with Gasteiger partial charge in [-0.05, 0) is 44.1 Å². The van der Waals surface area contributed by atoms with Gasteiger partial charge in [0, 0.05) is 32.5 Å². The summed E-state index contributed by atoms with van der Waals surface area (Å²) in [6, 6.07) is 1.71. The van der Waals surface area contributed by atoms with Crippen LogP contribution >= 0.6 is 0 Å². The maximum absolute atomic E-state index is 12.8. The number of nitrogens with zero attached hydrogens (tertiary/aromatic N) is 4. The number of ether oxygens (including phenoxy) is 2. The van der Waals surface area contributed by atoms with Crippen molar-refractivity contribution in [2.45, 2.75) is 46.1 Å². The molecule has 4 heterocycles. The highest BCUT2D eigenvalue weighted by Crippen LogP contribution is 2.37. The lowest BCUT2D eigenvalue weighted by Crippen LogP contribution is -2.40. The second-order valence-electron chi connectivity index (χ2n) is 8.25. The molecule has 162 valence electrons. The van der Waals surface area contributed by atoms with Crippen LogP contribution in [0.1, 0.15) is 57.7 Å². The smallest absolute Gasteiger partial charge is 0.358 e. The number of fused-ring (bicyclic) bond motifs is 1. The third-order valence-corrected chi connectivity index (χ3v) is 6.27. The van der Waals surface area contributed by atoms with Crippen molar-refractivity contribution >= 4 is 11.9 Å². The molecule has 30 heavy (non-hydrogen) atoms. The van der Waals surface area contributed by atoms with Gasteiger partial charge in [-0.25, -0.2) is 4.79 Å². The molecule has 4 rings (SSSR count). The van der Waals surface area contributed by atoms with E-state index in [-0.39, 0.29) is 17.9 Å². The summed E-state index contributed by atoms with van der Waals surface area (Å²) in [7, 11) is 1.79. The molecule has 0 bridgehead atoms. The first-order chi connectivity index (χ1) is 14.4. The van der Waals surface area contributed by atoms with Crippen LogP contribution in [0.4, 0.5) is 0 Å². The summed E-state index contributed by atoms with van der Waals surface area (Å²) >= 11 is 0. The minimum Gasteiger partial charge on any atom is -0.459 e. The van der Waals surface area contributed by atoms with Crippen molar-refractivity contribution in [2.24, 2.45) is 12.5 Å². The molecule has 2 aliphatic heterocycles. The topological polar surface area (TPSA) is 100 Å². The molecule has 0 atom stereocenters. The largest absolute Gasteiger partial charge is 0.459 e. The van der Waals surface area contributed by atoms with Crippen molar-refractivity contribution in [3.8, 4) is 0 Å². The number of hydrogen-bond acceptors (Lipinski definition) is 6. The van der Waals surface area contributed by atoms with Crippen LogP contribution in [0.5, 0.6) is 0 Å². The first-order valence-corrected chi connectivity index (χ1v) is 10.5. The van der Waals surface area contributed by atoms with E-state index in [9.17, 15) is 9.59 Å². The van der Waals surface area contributed by atoms with Crippen LogP contribution in [-0.4, -0.2) is 57.8 Å². The minimum absolute atomic E-state index is 0.00980. The summed E-state index contributed by atoms with van der Waals surface area (Å²) in [5.74, 6) is -0.510. The van der Waals surface area contributed by atoms with E-state index in [4.69, 9.17) is 9.47 Å². The molecule has 1 fully saturated rings. The number of carbonyl (C=O) groups excluding carboxylic acids is 2. The predicted molar refractivity (Wildman–Crippen MR) is 108 cm³/mol. The summed E-state index contributed by atoms with van der Waals surface area (Å²) in [4.78, 5) is 25.1. The number of aromatic nitrogens is 4. The van der Waals surface area contributed by atoms with Gasteiger partial charge in [-0.3, -0.25) is 14.2 Å². The summed E-state index contributed by atoms with van der Waals surface area (Å²) in [5, 5.41) is 11.9. The Labute approximate surface area is 175 Å². The van der Waals surface area contributed by atoms with E-state index in [1.807, 2.05) is 18.5 Å². The highest BCUT2D eigenvalue weighted by Gasteiger charge is 2.39. The first-order valence-electron chi connectivity index (χ1n) is 10.5. The van der Waals surface area contributed by atoms with Crippen LogP contribution in [-0.2, 0) is 35.9 Å². The summed E-state index contributed by atoms with van der Waals surface area (Å²) in [6.45, 7) is 6.53. The molecule has 0 saturated carbocycles. The zero-order valence-corrected chi connectivity index (χ0v) is 17.9. The van der Waals surface area contributed by atoms with E-state index >= 15 is 0 Å². The zero-order chi connectivity index (χ0) is 21.3. The average Bonchev–Trinajstić information content (AvgIpc) is 3.22. The molecule has 1 spiro atoms. The zero-order valence-electron chi connectivity index (χ0n) is 17.9. The standard InChI is InChI=1S/C21H29N5O4/c1-4-15-18-17(12-21(13-22-19(18)27)5-8-29-9-6-21)26(24-15)7-10-30-20(28)16-11-14(2)25(3)23-16/h11H,4-10,12-13H2,1-3H3,(H,22,27). The maximum atomic E-state index is 12.8. The highest BCUT2D eigenvalue weighted by molar-refractivity contribution is 5.97. The van der Waals surface area contributed by atoms with Crippen molar-refractivity contribution in [1.82, 2.24) is 24.9 Å². The van der Waals surface area contributed by atoms with Gasteiger partial charge in [0.25, 0.3) is 5.91 Å². The Morgan fingerprint density at radius 2 is 2.10 bits per heavy atom. The van der Waals surface area contributed by atoms with Gasteiger partial charge in [0.05, 0.1) is 23.5 Å². The molecule has 2 aromatic heterocycles. The molecule has 2 aliphatic rings. The molecular weight excluding hydrogens is 386 g/mol. The van der Waals surface area contributed by atoms with Gasteiger partial charge < -0.3 is 14.8 Å². The van der Waals surface area contributed by atoms with Crippen LogP contribution in [0.2, 0.25) is 0 Å². The van der Waals surface area contributed by atoms with Gasteiger partial charge in [-0.2, -0.15) is 10.2 Å². The monoisotopic (exact) mass is 415 g/mol. The molecule has 9 heteroatoms. The normalized spacial score (nSPS) is 18.0. The van der Waals surface area contributed by atoms with Crippen molar-refractivity contribution in [3.63, 3.8) is 0 Å². The van der Waals surface area contributed by atoms with E-state index in [0.29, 0.717) is 44.0 Å². The van der Waals surface area contributed by atoms with Crippen LogP contribution in [0, 0.1) is 12.3 Å². The van der Waals surface area contributed by atoms with Crippen molar-refractivity contribution in [1.29, 1.82) is 0 Å². The molecule has 1 saturated heterocycles. The lowest BCUT2D eigenvalue weighted by molar-refractivity contribution is 0.0150. The summed E-state index contributed by atoms with van der Waals surface area (Å²) < 4.78 is 14.5. The third-order valence-electron chi connectivity index (χ3n) is 6.27. The van der Waals surface area contributed by atoms with Gasteiger partial charge in [-0.15, -0.1) is 0 Å². The fourth-order valence-corrected chi connectivity index (χ4v) is 4.32. The average molecular weight is 415 g/mol. The lowest BCUT2D eigenvalue weighted by Gasteiger charge is -2.36. The predicted octanol–water partition coefficient (Wildman–Crippen LogP) is 1.43. The van der Waals surface area contributed by atoms with Crippen molar-refractivity contribution in [3.05, 3.63) is 34.4 Å². The molecule has 9 nitrogen and oxygen atoms in total. The molecule has 1 N–H and O–H groups in total. The second-order valence-corrected chi connectivity index (χ2v) is 8.25. The quantitative estimate of drug-likeness (QED) is 0.742. The Kier molecular flexibility index (Phi) is 5.64. The van der Waals surface area contributed by atoms with Crippen LogP contribution in [0.3, 0.4) is 0 Å². The molecule has 0 aromatic carbocycles. The van der Waals surface area contributed by atoms with Crippen LogP contribution < -0.4 is 5.32 Å². The van der Waals surface area contributed by atoms with Gasteiger partial charge in [-0.1, -0.05) is 6.92 Å². The second kappa shape index (κ2) is 8.22. The van der Waals surface area contributed by atoms with Crippen LogP contribution in [0.25, 0.3) is 0 Å². The van der Waals surface area contributed by atoms with E-state index < -0.39 is 5.97 Å². The number of aryl methyl sites for hydroxylation is 3. The number of rotatable bonds is 5. The molecule has 0 unspecified atom stereocenters. The Morgan fingerprint density at radius 1 is 1.33 bits per heavy atom. The van der Waals surface area contributed by atoms with Crippen molar-refractivity contribution < 1.29 is 19.1 Å². The van der Waals surface area contributed by atoms with E-state index in [2.05, 4.69) is 15.5 Å². The molecule has 0 radical (unpaired) electrons. The van der Waals surface area contributed by atoms with E-state index in [1.165, 1.54) is 0 Å². The first kappa shape index (κ1) is 20.6. The number of carbonyl (C=O) groups is 2. The van der Waals surface area contributed by atoms with Gasteiger partial charge in [0.15, 0.2) is 5.69 Å². The minimum atomic E-state index is -0.452. The highest BCUT2D eigenvalue weighted by atomic mass is 16.5. The Morgan fingerprint density at radius 3 is 2.77 bits per heavy atom. The Balaban J connectivity index is 1.52. The SMILES string of the molecule is CCc1nn(CCOC(=O)c2cc(C)n(C)n2)c2c1C(=O)NCC1(CCOCC1)C2.